The van der Waals surface area contributed by atoms with Crippen LogP contribution in [-0.4, -0.2) is 0 Å². The molecule has 0 spiro atoms. The predicted molar refractivity (Wildman–Crippen MR) is 90.0 cm³/mol. The molecule has 0 aromatic carbocycles. The molecule has 0 aromatic rings. The summed E-state index contributed by atoms with van der Waals surface area (Å²) in [5.74, 6) is 0. The zero-order valence-electron chi connectivity index (χ0n) is 4.00. The largest absolute Gasteiger partial charge is 0.0776 e. The van der Waals surface area contributed by atoms with Crippen LogP contribution in [-0.2, 0) is 0 Å². The normalized spacial score (nSPS) is 0.857. The highest BCUT2D eigenvalue weighted by molar-refractivity contribution is 3.51. The van der Waals surface area contributed by atoms with E-state index in [-0.39, 0.29) is 74.3 Å². The molecule has 0 aliphatic rings. The van der Waals surface area contributed by atoms with Gasteiger partial charge in [-0.3, -0.25) is 0 Å². The van der Waals surface area contributed by atoms with Crippen molar-refractivity contribution < 1.29 is 0 Å². The maximum absolute atomic E-state index is 2.00. The zero-order valence-corrected chi connectivity index (χ0v) is 4.00. The number of hydrogen-bond donors (Lipinski definition) is 0. The average molecular weight is 221 g/mol. The summed E-state index contributed by atoms with van der Waals surface area (Å²) < 4.78 is 0. The number of rotatable bonds is 0. The van der Waals surface area contributed by atoms with E-state index in [0.29, 0.717) is 0 Å². The highest BCUT2D eigenvalue weighted by atomic mass is 13.0. The molecule has 108 valence electrons. The fraction of sp³-hybridized carbons (Fsp3) is 1.00. The van der Waals surface area contributed by atoms with Gasteiger partial charge in [0.15, 0.2) is 0 Å². The Bertz CT molecular complexity index is 0. The molecule has 0 aliphatic heterocycles. The molecule has 0 heteroatoms. The molecular weight excluding hydrogens is 168 g/mol. The molecule has 0 aliphatic carbocycles. The third kappa shape index (κ3) is 0. The molecule has 14 heavy (non-hydrogen) atoms. The second kappa shape index (κ2) is 0. The first kappa shape index (κ1) is 592. The van der Waals surface area contributed by atoms with Gasteiger partial charge >= 0.3 is 0 Å². The van der Waals surface area contributed by atoms with Gasteiger partial charge in [0, 0.05) is 0 Å². The minimum absolute atomic E-state index is 0. The third-order valence-corrected chi connectivity index (χ3v) is 0. The summed E-state index contributed by atoms with van der Waals surface area (Å²) in [5, 5.41) is 0. The summed E-state index contributed by atoms with van der Waals surface area (Å²) in [6.07, 6.45) is 0. The average Bonchev–Trinajstić information content (AvgIpc) is 1.50. The highest BCUT2D eigenvalue weighted by Crippen LogP contribution is 1.15. The van der Waals surface area contributed by atoms with Crippen LogP contribution in [0.1, 0.15) is 102 Å². The highest BCUT2D eigenvalue weighted by Gasteiger charge is 0.934. The smallest absolute Gasteiger partial charge is 0.0683 e. The summed E-state index contributed by atoms with van der Waals surface area (Å²) in [4.78, 5) is 0. The zero-order chi connectivity index (χ0) is 4.00. The Hall–Kier alpha value is 0. The van der Waals surface area contributed by atoms with E-state index >= 15 is 0 Å². The van der Waals surface area contributed by atoms with Gasteiger partial charge in [-0.2, -0.15) is 0 Å². The second-order valence-electron chi connectivity index (χ2n) is 0. The lowest BCUT2D eigenvalue weighted by atomic mass is 11.0. The van der Waals surface area contributed by atoms with Gasteiger partial charge in [-0.25, -0.2) is 0 Å². The molecule has 0 nitrogen and oxygen atoms in total. The van der Waals surface area contributed by atoms with Crippen molar-refractivity contribution in [1.29, 1.82) is 0 Å². The summed E-state index contributed by atoms with van der Waals surface area (Å²) in [7, 11) is 0. The summed E-state index contributed by atoms with van der Waals surface area (Å²) in [6.45, 7) is 8.00. The lowest BCUT2D eigenvalue weighted by Gasteiger charge is -1.07. The van der Waals surface area contributed by atoms with Crippen molar-refractivity contribution in [1.82, 2.24) is 0 Å². The Morgan fingerprint density at radius 3 is 0.214 bits per heavy atom. The first-order valence-electron chi connectivity index (χ1n) is 2.00. The first-order valence-corrected chi connectivity index (χ1v) is 2.00. The summed E-state index contributed by atoms with van der Waals surface area (Å²) in [5.41, 5.74) is 0. The van der Waals surface area contributed by atoms with Crippen LogP contribution >= 0.6 is 0 Å². The summed E-state index contributed by atoms with van der Waals surface area (Å²) >= 11 is 0. The molecular formula is C14H52. The molecule has 0 saturated heterocycles. The van der Waals surface area contributed by atoms with E-state index in [2.05, 4.69) is 0 Å². The molecule has 0 rings (SSSR count). The van der Waals surface area contributed by atoms with Crippen LogP contribution in [0.3, 0.4) is 0 Å². The SMILES string of the molecule is C.C.C.C.C.C.C.C.C.C.CC.CC. The van der Waals surface area contributed by atoms with Crippen molar-refractivity contribution in [2.45, 2.75) is 102 Å². The molecule has 0 radical (unpaired) electrons. The molecule has 0 aromatic heterocycles. The third-order valence-electron chi connectivity index (χ3n) is 0. The van der Waals surface area contributed by atoms with Crippen LogP contribution in [0.2, 0.25) is 0 Å². The van der Waals surface area contributed by atoms with Gasteiger partial charge in [-0.05, 0) is 0 Å². The molecule has 0 N–H and O–H groups in total. The quantitative estimate of drug-likeness (QED) is 0.384. The lowest BCUT2D eigenvalue weighted by Crippen LogP contribution is -0.856. The van der Waals surface area contributed by atoms with Crippen LogP contribution in [0, 0.1) is 0 Å². The Kier molecular flexibility index (Phi) is 0. The van der Waals surface area contributed by atoms with Crippen LogP contribution in [0.25, 0.3) is 0 Å². The van der Waals surface area contributed by atoms with E-state index in [9.17, 15) is 0 Å². The van der Waals surface area contributed by atoms with Crippen molar-refractivity contribution in [2.75, 3.05) is 0 Å². The van der Waals surface area contributed by atoms with Gasteiger partial charge in [0.25, 0.3) is 0 Å². The van der Waals surface area contributed by atoms with Crippen LogP contribution in [0.15, 0.2) is 0 Å². The fourth-order valence-corrected chi connectivity index (χ4v) is 0. The van der Waals surface area contributed by atoms with Crippen molar-refractivity contribution >= 4 is 0 Å². The molecule has 0 bridgehead atoms. The standard InChI is InChI=1S/2C2H6.10CH4/c2*1-2;;;;;;;;;;/h2*1-2H3;10*1H4. The van der Waals surface area contributed by atoms with E-state index < -0.39 is 0 Å². The summed E-state index contributed by atoms with van der Waals surface area (Å²) in [6, 6.07) is 0. The lowest BCUT2D eigenvalue weighted by molar-refractivity contribution is 1.50. The van der Waals surface area contributed by atoms with E-state index in [0.717, 1.165) is 0 Å². The first-order chi connectivity index (χ1) is 2.00. The minimum atomic E-state index is 0. The van der Waals surface area contributed by atoms with E-state index in [1.165, 1.54) is 0 Å². The van der Waals surface area contributed by atoms with Crippen molar-refractivity contribution in [3.63, 3.8) is 0 Å². The Balaban J connectivity index is -0.000000000333. The maximum Gasteiger partial charge on any atom is -0.0683 e. The molecule has 0 saturated carbocycles. The fourth-order valence-electron chi connectivity index (χ4n) is 0. The van der Waals surface area contributed by atoms with E-state index in [1.54, 1.807) is 0 Å². The van der Waals surface area contributed by atoms with Crippen molar-refractivity contribution in [3.8, 4) is 0 Å². The number of hydrogen-bond acceptors (Lipinski definition) is 0. The van der Waals surface area contributed by atoms with Crippen LogP contribution in [0.5, 0.6) is 0 Å². The van der Waals surface area contributed by atoms with Gasteiger partial charge in [0.1, 0.15) is 0 Å². The molecule has 0 fully saturated rings. The van der Waals surface area contributed by atoms with Crippen molar-refractivity contribution in [2.24, 2.45) is 0 Å². The Morgan fingerprint density at radius 2 is 0.214 bits per heavy atom. The van der Waals surface area contributed by atoms with E-state index in [1.807, 2.05) is 27.7 Å². The maximum atomic E-state index is 2.00. The van der Waals surface area contributed by atoms with Crippen LogP contribution < -0.4 is 0 Å². The van der Waals surface area contributed by atoms with Gasteiger partial charge < -0.3 is 0 Å². The Morgan fingerprint density at radius 1 is 0.214 bits per heavy atom. The van der Waals surface area contributed by atoms with Crippen molar-refractivity contribution in [3.05, 3.63) is 0 Å². The van der Waals surface area contributed by atoms with Crippen LogP contribution in [0.4, 0.5) is 0 Å². The van der Waals surface area contributed by atoms with E-state index in [4.69, 9.17) is 0 Å². The van der Waals surface area contributed by atoms with Gasteiger partial charge in [0.2, 0.25) is 0 Å². The molecule has 0 amide bonds. The topological polar surface area (TPSA) is 0 Å². The monoisotopic (exact) mass is 220 g/mol. The Labute approximate surface area is 103 Å². The van der Waals surface area contributed by atoms with Gasteiger partial charge in [0.05, 0.1) is 0 Å². The molecule has 0 atom stereocenters. The minimum Gasteiger partial charge on any atom is -0.0776 e. The predicted octanol–water partition coefficient (Wildman–Crippen LogP) is 8.41. The second-order valence-corrected chi connectivity index (χ2v) is 0. The molecule has 0 unspecified atom stereocenters. The van der Waals surface area contributed by atoms with Gasteiger partial charge in [-0.1, -0.05) is 102 Å². The molecule has 0 heterocycles. The van der Waals surface area contributed by atoms with Gasteiger partial charge in [-0.15, -0.1) is 0 Å².